The van der Waals surface area contributed by atoms with Crippen molar-refractivity contribution in [1.82, 2.24) is 10.3 Å². The van der Waals surface area contributed by atoms with Crippen molar-refractivity contribution in [3.63, 3.8) is 0 Å². The molecule has 1 aromatic carbocycles. The summed E-state index contributed by atoms with van der Waals surface area (Å²) in [4.78, 5) is 15.7. The molecule has 1 heterocycles. The Morgan fingerprint density at radius 3 is 2.62 bits per heavy atom. The third-order valence-electron chi connectivity index (χ3n) is 3.10. The SMILES string of the molecule is CS(=O)(=O)N(CCNC(=O)c1cccnc1)c1ccc(F)cc1F. The summed E-state index contributed by atoms with van der Waals surface area (Å²) < 4.78 is 51.3. The Balaban J connectivity index is 2.09. The van der Waals surface area contributed by atoms with E-state index in [9.17, 15) is 22.0 Å². The van der Waals surface area contributed by atoms with Crippen molar-refractivity contribution < 1.29 is 22.0 Å². The molecule has 0 saturated carbocycles. The number of nitrogens with one attached hydrogen (secondary N) is 1. The van der Waals surface area contributed by atoms with Gasteiger partial charge < -0.3 is 5.32 Å². The summed E-state index contributed by atoms with van der Waals surface area (Å²) in [6, 6.07) is 5.74. The van der Waals surface area contributed by atoms with E-state index >= 15 is 0 Å². The van der Waals surface area contributed by atoms with Crippen molar-refractivity contribution >= 4 is 21.6 Å². The van der Waals surface area contributed by atoms with Gasteiger partial charge in [-0.05, 0) is 24.3 Å². The zero-order valence-electron chi connectivity index (χ0n) is 12.7. The van der Waals surface area contributed by atoms with Crippen molar-refractivity contribution in [2.24, 2.45) is 0 Å². The largest absolute Gasteiger partial charge is 0.350 e. The lowest BCUT2D eigenvalue weighted by atomic mass is 10.2. The molecule has 0 aliphatic rings. The topological polar surface area (TPSA) is 79.4 Å². The Hall–Kier alpha value is -2.55. The molecule has 9 heteroatoms. The van der Waals surface area contributed by atoms with Crippen LogP contribution in [0, 0.1) is 11.6 Å². The van der Waals surface area contributed by atoms with E-state index in [1.807, 2.05) is 0 Å². The Kier molecular flexibility index (Phi) is 5.45. The number of aromatic nitrogens is 1. The molecule has 0 bridgehead atoms. The van der Waals surface area contributed by atoms with E-state index in [1.165, 1.54) is 12.4 Å². The van der Waals surface area contributed by atoms with Crippen LogP contribution in [0.2, 0.25) is 0 Å². The quantitative estimate of drug-likeness (QED) is 0.853. The highest BCUT2D eigenvalue weighted by Crippen LogP contribution is 2.22. The normalized spacial score (nSPS) is 11.1. The number of pyridine rings is 1. The average Bonchev–Trinajstić information content (AvgIpc) is 2.52. The number of amides is 1. The van der Waals surface area contributed by atoms with Crippen molar-refractivity contribution in [3.8, 4) is 0 Å². The van der Waals surface area contributed by atoms with Crippen molar-refractivity contribution in [2.45, 2.75) is 0 Å². The van der Waals surface area contributed by atoms with Crippen LogP contribution in [0.3, 0.4) is 0 Å². The smallest absolute Gasteiger partial charge is 0.252 e. The Morgan fingerprint density at radius 1 is 1.29 bits per heavy atom. The van der Waals surface area contributed by atoms with E-state index in [0.29, 0.717) is 11.6 Å². The lowest BCUT2D eigenvalue weighted by Gasteiger charge is -2.23. The zero-order valence-corrected chi connectivity index (χ0v) is 13.6. The highest BCUT2D eigenvalue weighted by molar-refractivity contribution is 7.92. The molecular weight excluding hydrogens is 340 g/mol. The third-order valence-corrected chi connectivity index (χ3v) is 4.28. The second kappa shape index (κ2) is 7.35. The highest BCUT2D eigenvalue weighted by Gasteiger charge is 2.21. The second-order valence-corrected chi connectivity index (χ2v) is 6.84. The van der Waals surface area contributed by atoms with E-state index < -0.39 is 27.6 Å². The molecular formula is C15H15F2N3O3S. The van der Waals surface area contributed by atoms with E-state index in [1.54, 1.807) is 12.1 Å². The molecule has 0 atom stereocenters. The maximum atomic E-state index is 13.8. The summed E-state index contributed by atoms with van der Waals surface area (Å²) in [7, 11) is -3.81. The van der Waals surface area contributed by atoms with Crippen LogP contribution in [-0.4, -0.2) is 38.7 Å². The van der Waals surface area contributed by atoms with Crippen LogP contribution in [0.5, 0.6) is 0 Å². The number of benzene rings is 1. The van der Waals surface area contributed by atoms with Gasteiger partial charge in [0, 0.05) is 25.0 Å². The van der Waals surface area contributed by atoms with E-state index in [2.05, 4.69) is 10.3 Å². The first-order valence-electron chi connectivity index (χ1n) is 6.90. The molecule has 0 aliphatic carbocycles. The Bertz CT molecular complexity index is 829. The van der Waals surface area contributed by atoms with Gasteiger partial charge in [0.05, 0.1) is 24.1 Å². The van der Waals surface area contributed by atoms with Crippen LogP contribution in [-0.2, 0) is 10.0 Å². The van der Waals surface area contributed by atoms with Gasteiger partial charge in [-0.2, -0.15) is 0 Å². The van der Waals surface area contributed by atoms with Gasteiger partial charge >= 0.3 is 0 Å². The number of sulfonamides is 1. The summed E-state index contributed by atoms with van der Waals surface area (Å²) in [6.07, 6.45) is 3.78. The third kappa shape index (κ3) is 4.48. The van der Waals surface area contributed by atoms with Crippen molar-refractivity contribution in [2.75, 3.05) is 23.7 Å². The molecule has 6 nitrogen and oxygen atoms in total. The lowest BCUT2D eigenvalue weighted by molar-refractivity contribution is 0.0954. The Morgan fingerprint density at radius 2 is 2.04 bits per heavy atom. The van der Waals surface area contributed by atoms with E-state index in [-0.39, 0.29) is 18.8 Å². The first kappa shape index (κ1) is 17.8. The maximum Gasteiger partial charge on any atom is 0.252 e. The van der Waals surface area contributed by atoms with Gasteiger partial charge in [0.15, 0.2) is 0 Å². The summed E-state index contributed by atoms with van der Waals surface area (Å²) in [5.74, 6) is -2.25. The molecule has 1 aromatic heterocycles. The predicted octanol–water partition coefficient (Wildman–Crippen LogP) is 1.56. The van der Waals surface area contributed by atoms with Crippen LogP contribution >= 0.6 is 0 Å². The zero-order chi connectivity index (χ0) is 17.7. The monoisotopic (exact) mass is 355 g/mol. The highest BCUT2D eigenvalue weighted by atomic mass is 32.2. The van der Waals surface area contributed by atoms with Crippen molar-refractivity contribution in [1.29, 1.82) is 0 Å². The van der Waals surface area contributed by atoms with Gasteiger partial charge in [-0.3, -0.25) is 14.1 Å². The summed E-state index contributed by atoms with van der Waals surface area (Å²) in [6.45, 7) is -0.259. The minimum atomic E-state index is -3.81. The van der Waals surface area contributed by atoms with Crippen LogP contribution < -0.4 is 9.62 Å². The first-order valence-corrected chi connectivity index (χ1v) is 8.75. The van der Waals surface area contributed by atoms with Gasteiger partial charge in [-0.15, -0.1) is 0 Å². The average molecular weight is 355 g/mol. The first-order chi connectivity index (χ1) is 11.3. The molecule has 2 rings (SSSR count). The van der Waals surface area contributed by atoms with Gasteiger partial charge in [0.1, 0.15) is 11.6 Å². The molecule has 2 aromatic rings. The number of hydrogen-bond donors (Lipinski definition) is 1. The van der Waals surface area contributed by atoms with Gasteiger partial charge in [-0.25, -0.2) is 17.2 Å². The number of halogens is 2. The maximum absolute atomic E-state index is 13.8. The fourth-order valence-corrected chi connectivity index (χ4v) is 2.95. The molecule has 0 fully saturated rings. The predicted molar refractivity (Wildman–Crippen MR) is 85.1 cm³/mol. The standard InChI is InChI=1S/C15H15F2N3O3S/c1-24(22,23)20(14-5-4-12(16)9-13(14)17)8-7-19-15(21)11-3-2-6-18-10-11/h2-6,9-10H,7-8H2,1H3,(H,19,21). The van der Waals surface area contributed by atoms with Crippen LogP contribution in [0.25, 0.3) is 0 Å². The molecule has 1 amide bonds. The molecule has 0 radical (unpaired) electrons. The van der Waals surface area contributed by atoms with E-state index in [0.717, 1.165) is 22.7 Å². The number of carbonyl (C=O) groups is 1. The summed E-state index contributed by atoms with van der Waals surface area (Å²) in [5, 5.41) is 2.52. The van der Waals surface area contributed by atoms with E-state index in [4.69, 9.17) is 0 Å². The summed E-state index contributed by atoms with van der Waals surface area (Å²) in [5.41, 5.74) is 0.0332. The van der Waals surface area contributed by atoms with Gasteiger partial charge in [-0.1, -0.05) is 0 Å². The number of rotatable bonds is 6. The van der Waals surface area contributed by atoms with Crippen LogP contribution in [0.1, 0.15) is 10.4 Å². The molecule has 0 aliphatic heterocycles. The molecule has 128 valence electrons. The Labute approximate surface area is 138 Å². The molecule has 0 saturated heterocycles. The molecule has 0 spiro atoms. The minimum absolute atomic E-state index is 0.0579. The molecule has 24 heavy (non-hydrogen) atoms. The molecule has 1 N–H and O–H groups in total. The summed E-state index contributed by atoms with van der Waals surface area (Å²) >= 11 is 0. The molecule has 0 unspecified atom stereocenters. The lowest BCUT2D eigenvalue weighted by Crippen LogP contribution is -2.38. The number of carbonyl (C=O) groups excluding carboxylic acids is 1. The van der Waals surface area contributed by atoms with Gasteiger partial charge in [0.2, 0.25) is 10.0 Å². The van der Waals surface area contributed by atoms with Gasteiger partial charge in [0.25, 0.3) is 5.91 Å². The fraction of sp³-hybridized carbons (Fsp3) is 0.200. The fourth-order valence-electron chi connectivity index (χ4n) is 2.02. The van der Waals surface area contributed by atoms with Crippen LogP contribution in [0.4, 0.5) is 14.5 Å². The van der Waals surface area contributed by atoms with Crippen LogP contribution in [0.15, 0.2) is 42.7 Å². The number of hydrogen-bond acceptors (Lipinski definition) is 4. The number of anilines is 1. The number of nitrogens with zero attached hydrogens (tertiary/aromatic N) is 2. The second-order valence-electron chi connectivity index (χ2n) is 4.93. The minimum Gasteiger partial charge on any atom is -0.350 e. The van der Waals surface area contributed by atoms with Crippen molar-refractivity contribution in [3.05, 3.63) is 59.9 Å².